The number of nitrogens with one attached hydrogen (secondary N) is 1. The predicted octanol–water partition coefficient (Wildman–Crippen LogP) is 0.904. The van der Waals surface area contributed by atoms with Crippen LogP contribution in [0.25, 0.3) is 0 Å². The van der Waals surface area contributed by atoms with Crippen LogP contribution in [0.1, 0.15) is 0 Å². The quantitative estimate of drug-likeness (QED) is 0.332. The normalized spacial score (nSPS) is 8.29. The summed E-state index contributed by atoms with van der Waals surface area (Å²) in [4.78, 5) is 9.37. The molecule has 0 aliphatic rings. The molecule has 0 radical (unpaired) electrons. The van der Waals surface area contributed by atoms with E-state index in [-0.39, 0.29) is 12.4 Å². The molecule has 0 saturated carbocycles. The van der Waals surface area contributed by atoms with E-state index in [1.165, 1.54) is 0 Å². The standard InChI is InChI=1S/C3H5ClFNO/c4-1-2-6-3(5)7/h1-2H2,(H,6,7). The lowest BCUT2D eigenvalue weighted by Gasteiger charge is -1.88. The monoisotopic (exact) mass is 125 g/mol. The second kappa shape index (κ2) is 3.87. The average molecular weight is 126 g/mol. The van der Waals surface area contributed by atoms with Gasteiger partial charge in [-0.1, -0.05) is 0 Å². The Bertz CT molecular complexity index is 68.0. The third kappa shape index (κ3) is 5.69. The van der Waals surface area contributed by atoms with E-state index in [0.717, 1.165) is 0 Å². The van der Waals surface area contributed by atoms with E-state index in [1.807, 2.05) is 5.32 Å². The topological polar surface area (TPSA) is 29.1 Å². The predicted molar refractivity (Wildman–Crippen MR) is 25.2 cm³/mol. The molecular formula is C3H5ClFNO. The fourth-order valence-electron chi connectivity index (χ4n) is 0.146. The van der Waals surface area contributed by atoms with Crippen molar-refractivity contribution in [3.8, 4) is 0 Å². The van der Waals surface area contributed by atoms with Gasteiger partial charge in [-0.2, -0.15) is 0 Å². The van der Waals surface area contributed by atoms with E-state index in [2.05, 4.69) is 0 Å². The summed E-state index contributed by atoms with van der Waals surface area (Å²) in [6, 6.07) is 0. The van der Waals surface area contributed by atoms with E-state index in [0.29, 0.717) is 0 Å². The fraction of sp³-hybridized carbons (Fsp3) is 0.667. The van der Waals surface area contributed by atoms with Gasteiger partial charge in [-0.3, -0.25) is 0 Å². The van der Waals surface area contributed by atoms with E-state index in [1.54, 1.807) is 0 Å². The second-order valence-corrected chi connectivity index (χ2v) is 1.27. The molecule has 0 atom stereocenters. The van der Waals surface area contributed by atoms with Crippen LogP contribution in [0.2, 0.25) is 0 Å². The van der Waals surface area contributed by atoms with Gasteiger partial charge < -0.3 is 5.32 Å². The maximum atomic E-state index is 11.1. The second-order valence-electron chi connectivity index (χ2n) is 0.889. The molecule has 0 aliphatic heterocycles. The zero-order valence-corrected chi connectivity index (χ0v) is 4.33. The Hall–Kier alpha value is -0.310. The zero-order chi connectivity index (χ0) is 5.70. The number of carbonyl (C=O) groups is 1. The molecule has 0 rings (SSSR count). The molecule has 7 heavy (non-hydrogen) atoms. The highest BCUT2D eigenvalue weighted by molar-refractivity contribution is 6.18. The molecule has 0 unspecified atom stereocenters. The molecule has 0 aliphatic carbocycles. The summed E-state index contributed by atoms with van der Waals surface area (Å²) in [6.07, 6.45) is -1.53. The highest BCUT2D eigenvalue weighted by Gasteiger charge is 1.89. The maximum Gasteiger partial charge on any atom is 0.397 e. The molecule has 0 saturated heterocycles. The van der Waals surface area contributed by atoms with Crippen LogP contribution in [0.3, 0.4) is 0 Å². The largest absolute Gasteiger partial charge is 0.397 e. The van der Waals surface area contributed by atoms with Gasteiger partial charge in [0, 0.05) is 12.4 Å². The average Bonchev–Trinajstić information content (AvgIpc) is 1.61. The maximum absolute atomic E-state index is 11.1. The Labute approximate surface area is 45.6 Å². The van der Waals surface area contributed by atoms with Gasteiger partial charge in [0.15, 0.2) is 0 Å². The fourth-order valence-corrected chi connectivity index (χ4v) is 0.240. The minimum absolute atomic E-state index is 0.191. The van der Waals surface area contributed by atoms with Gasteiger partial charge in [0.1, 0.15) is 0 Å². The lowest BCUT2D eigenvalue weighted by Crippen LogP contribution is -2.19. The summed E-state index contributed by atoms with van der Waals surface area (Å²) in [7, 11) is 0. The molecule has 0 aromatic heterocycles. The van der Waals surface area contributed by atoms with Crippen molar-refractivity contribution < 1.29 is 9.18 Å². The summed E-state index contributed by atoms with van der Waals surface area (Å²) < 4.78 is 11.1. The Morgan fingerprint density at radius 1 is 1.86 bits per heavy atom. The molecular weight excluding hydrogens is 120 g/mol. The van der Waals surface area contributed by atoms with Crippen molar-refractivity contribution in [1.82, 2.24) is 5.32 Å². The SMILES string of the molecule is O=C(F)NCCCl. The van der Waals surface area contributed by atoms with Crippen molar-refractivity contribution in [2.75, 3.05) is 12.4 Å². The Balaban J connectivity index is 2.82. The third-order valence-corrected chi connectivity index (χ3v) is 0.547. The van der Waals surface area contributed by atoms with Crippen molar-refractivity contribution in [2.24, 2.45) is 0 Å². The van der Waals surface area contributed by atoms with Crippen LogP contribution in [0, 0.1) is 0 Å². The molecule has 0 spiro atoms. The lowest BCUT2D eigenvalue weighted by atomic mass is 10.8. The number of alkyl halides is 1. The molecule has 2 nitrogen and oxygen atoms in total. The van der Waals surface area contributed by atoms with Crippen LogP contribution in [0.15, 0.2) is 0 Å². The van der Waals surface area contributed by atoms with Crippen molar-refractivity contribution in [3.63, 3.8) is 0 Å². The Morgan fingerprint density at radius 2 is 2.43 bits per heavy atom. The van der Waals surface area contributed by atoms with Crippen LogP contribution in [0.5, 0.6) is 0 Å². The van der Waals surface area contributed by atoms with Crippen molar-refractivity contribution in [1.29, 1.82) is 0 Å². The van der Waals surface area contributed by atoms with Gasteiger partial charge in [-0.05, 0) is 0 Å². The highest BCUT2D eigenvalue weighted by atomic mass is 35.5. The minimum atomic E-state index is -1.53. The van der Waals surface area contributed by atoms with Crippen molar-refractivity contribution >= 4 is 17.8 Å². The molecule has 0 aromatic rings. The molecule has 0 fully saturated rings. The van der Waals surface area contributed by atoms with Gasteiger partial charge in [0.25, 0.3) is 0 Å². The first-order valence-electron chi connectivity index (χ1n) is 1.76. The first-order chi connectivity index (χ1) is 3.27. The molecule has 4 heteroatoms. The number of halogens is 2. The molecule has 42 valence electrons. The smallest absolute Gasteiger partial charge is 0.327 e. The van der Waals surface area contributed by atoms with Gasteiger partial charge in [-0.25, -0.2) is 4.79 Å². The molecule has 0 bridgehead atoms. The number of hydrogen-bond acceptors (Lipinski definition) is 1. The highest BCUT2D eigenvalue weighted by Crippen LogP contribution is 1.72. The van der Waals surface area contributed by atoms with E-state index < -0.39 is 6.16 Å². The van der Waals surface area contributed by atoms with E-state index in [9.17, 15) is 9.18 Å². The van der Waals surface area contributed by atoms with Gasteiger partial charge in [0.05, 0.1) is 0 Å². The van der Waals surface area contributed by atoms with Crippen molar-refractivity contribution in [3.05, 3.63) is 0 Å². The summed E-state index contributed by atoms with van der Waals surface area (Å²) >= 11 is 5.06. The third-order valence-electron chi connectivity index (χ3n) is 0.358. The zero-order valence-electron chi connectivity index (χ0n) is 3.58. The number of rotatable bonds is 2. The van der Waals surface area contributed by atoms with E-state index >= 15 is 0 Å². The van der Waals surface area contributed by atoms with Gasteiger partial charge >= 0.3 is 6.16 Å². The number of amides is 1. The summed E-state index contributed by atoms with van der Waals surface area (Å²) in [5.41, 5.74) is 0. The number of carbonyl (C=O) groups excluding carboxylic acids is 1. The number of hydrogen-bond donors (Lipinski definition) is 1. The lowest BCUT2D eigenvalue weighted by molar-refractivity contribution is 0.222. The van der Waals surface area contributed by atoms with Crippen LogP contribution in [-0.2, 0) is 0 Å². The van der Waals surface area contributed by atoms with Crippen LogP contribution < -0.4 is 5.32 Å². The first kappa shape index (κ1) is 6.69. The van der Waals surface area contributed by atoms with Crippen LogP contribution >= 0.6 is 11.6 Å². The summed E-state index contributed by atoms with van der Waals surface area (Å²) in [5, 5.41) is 1.86. The Morgan fingerprint density at radius 3 is 2.57 bits per heavy atom. The first-order valence-corrected chi connectivity index (χ1v) is 2.30. The van der Waals surface area contributed by atoms with Gasteiger partial charge in [0.2, 0.25) is 0 Å². The van der Waals surface area contributed by atoms with E-state index in [4.69, 9.17) is 11.6 Å². The van der Waals surface area contributed by atoms with Gasteiger partial charge in [-0.15, -0.1) is 16.0 Å². The molecule has 0 aromatic carbocycles. The summed E-state index contributed by atoms with van der Waals surface area (Å²) in [6.45, 7) is 0.191. The molecule has 1 amide bonds. The van der Waals surface area contributed by atoms with Crippen molar-refractivity contribution in [2.45, 2.75) is 0 Å². The molecule has 0 heterocycles. The van der Waals surface area contributed by atoms with Crippen LogP contribution in [-0.4, -0.2) is 18.6 Å². The Kier molecular flexibility index (Phi) is 3.69. The minimum Gasteiger partial charge on any atom is -0.327 e. The summed E-state index contributed by atoms with van der Waals surface area (Å²) in [5.74, 6) is 0.246. The molecule has 1 N–H and O–H groups in total. The van der Waals surface area contributed by atoms with Crippen LogP contribution in [0.4, 0.5) is 9.18 Å².